The number of piperidine rings is 1. The highest BCUT2D eigenvalue weighted by Gasteiger charge is 2.20. The van der Waals surface area contributed by atoms with Crippen LogP contribution in [-0.2, 0) is 0 Å². The highest BCUT2D eigenvalue weighted by atomic mass is 32.1. The molecule has 1 aliphatic heterocycles. The van der Waals surface area contributed by atoms with E-state index in [9.17, 15) is 4.79 Å². The lowest BCUT2D eigenvalue weighted by Gasteiger charge is -2.30. The van der Waals surface area contributed by atoms with Crippen LogP contribution in [0, 0.1) is 5.92 Å². The fraction of sp³-hybridized carbons (Fsp3) is 0.545. The fourth-order valence-corrected chi connectivity index (χ4v) is 3.20. The summed E-state index contributed by atoms with van der Waals surface area (Å²) in [6.07, 6.45) is 3.88. The summed E-state index contributed by atoms with van der Waals surface area (Å²) < 4.78 is 0.626. The summed E-state index contributed by atoms with van der Waals surface area (Å²) >= 11 is 1.44. The molecular weight excluding hydrogens is 236 g/mol. The number of thiazole rings is 1. The van der Waals surface area contributed by atoms with Crippen LogP contribution >= 0.6 is 11.3 Å². The maximum atomic E-state index is 11.6. The number of fused-ring (bicyclic) bond motifs is 1. The maximum absolute atomic E-state index is 11.6. The minimum Gasteiger partial charge on any atom is -0.348 e. The largest absolute Gasteiger partial charge is 0.348 e. The smallest absolute Gasteiger partial charge is 0.270 e. The molecule has 5 nitrogen and oxygen atoms in total. The summed E-state index contributed by atoms with van der Waals surface area (Å²) in [7, 11) is 0. The predicted molar refractivity (Wildman–Crippen MR) is 68.6 cm³/mol. The molecule has 1 atom stereocenters. The van der Waals surface area contributed by atoms with Crippen molar-refractivity contribution in [3.05, 3.63) is 16.7 Å². The Hall–Kier alpha value is -1.43. The molecule has 3 heterocycles. The molecule has 0 unspecified atom stereocenters. The molecule has 1 fully saturated rings. The van der Waals surface area contributed by atoms with Crippen molar-refractivity contribution in [3.8, 4) is 0 Å². The van der Waals surface area contributed by atoms with Gasteiger partial charge in [0.15, 0.2) is 10.8 Å². The van der Waals surface area contributed by atoms with E-state index >= 15 is 0 Å². The standard InChI is InChI=1S/C11H14N4OS/c1-7-3-2-4-15(5-7)11-14-9-8(17-11)10(16)13-6-12-9/h6-7H,2-5H2,1H3,(H,12,13,16)/t7-/m0/s1. The Balaban J connectivity index is 2.00. The summed E-state index contributed by atoms with van der Waals surface area (Å²) in [6.45, 7) is 4.31. The number of aromatic nitrogens is 3. The first-order valence-corrected chi connectivity index (χ1v) is 6.65. The molecule has 3 rings (SSSR count). The molecule has 0 amide bonds. The van der Waals surface area contributed by atoms with Crippen molar-refractivity contribution in [1.29, 1.82) is 0 Å². The number of anilines is 1. The summed E-state index contributed by atoms with van der Waals surface area (Å²) in [6, 6.07) is 0. The lowest BCUT2D eigenvalue weighted by atomic mass is 10.0. The molecule has 17 heavy (non-hydrogen) atoms. The SMILES string of the molecule is C[C@H]1CCCN(c2nc3nc[nH]c(=O)c3s2)C1. The van der Waals surface area contributed by atoms with Crippen LogP contribution in [-0.4, -0.2) is 28.0 Å². The molecule has 2 aromatic heterocycles. The van der Waals surface area contributed by atoms with Gasteiger partial charge in [-0.2, -0.15) is 4.98 Å². The molecule has 0 saturated carbocycles. The molecule has 0 aromatic carbocycles. The van der Waals surface area contributed by atoms with Crippen LogP contribution in [0.15, 0.2) is 11.1 Å². The van der Waals surface area contributed by atoms with Gasteiger partial charge in [-0.25, -0.2) is 4.98 Å². The maximum Gasteiger partial charge on any atom is 0.270 e. The van der Waals surface area contributed by atoms with Crippen molar-refractivity contribution < 1.29 is 0 Å². The van der Waals surface area contributed by atoms with Crippen molar-refractivity contribution >= 4 is 26.8 Å². The van der Waals surface area contributed by atoms with Gasteiger partial charge in [0.2, 0.25) is 0 Å². The van der Waals surface area contributed by atoms with Gasteiger partial charge < -0.3 is 9.88 Å². The number of nitrogens with one attached hydrogen (secondary N) is 1. The minimum absolute atomic E-state index is 0.0937. The van der Waals surface area contributed by atoms with E-state index in [-0.39, 0.29) is 5.56 Å². The van der Waals surface area contributed by atoms with Crippen LogP contribution in [0.2, 0.25) is 0 Å². The Morgan fingerprint density at radius 2 is 2.47 bits per heavy atom. The number of rotatable bonds is 1. The van der Waals surface area contributed by atoms with Crippen molar-refractivity contribution in [3.63, 3.8) is 0 Å². The molecule has 0 bridgehead atoms. The number of nitrogens with zero attached hydrogens (tertiary/aromatic N) is 3. The van der Waals surface area contributed by atoms with E-state index in [4.69, 9.17) is 0 Å². The zero-order valence-corrected chi connectivity index (χ0v) is 10.5. The van der Waals surface area contributed by atoms with Crippen LogP contribution < -0.4 is 10.5 Å². The van der Waals surface area contributed by atoms with Crippen LogP contribution in [0.4, 0.5) is 5.13 Å². The van der Waals surface area contributed by atoms with Gasteiger partial charge in [0.05, 0.1) is 6.33 Å². The fourth-order valence-electron chi connectivity index (χ4n) is 2.25. The summed E-state index contributed by atoms with van der Waals surface area (Å²) in [4.78, 5) is 25.0. The molecule has 0 spiro atoms. The quantitative estimate of drug-likeness (QED) is 0.835. The summed E-state index contributed by atoms with van der Waals surface area (Å²) in [5.41, 5.74) is 0.468. The normalized spacial score (nSPS) is 21.0. The van der Waals surface area contributed by atoms with E-state index in [1.165, 1.54) is 30.5 Å². The van der Waals surface area contributed by atoms with Gasteiger partial charge in [0.1, 0.15) is 4.70 Å². The number of hydrogen-bond donors (Lipinski definition) is 1. The van der Waals surface area contributed by atoms with E-state index < -0.39 is 0 Å². The van der Waals surface area contributed by atoms with Gasteiger partial charge in [-0.05, 0) is 18.8 Å². The average Bonchev–Trinajstić information content (AvgIpc) is 2.74. The topological polar surface area (TPSA) is 61.9 Å². The van der Waals surface area contributed by atoms with E-state index in [0.29, 0.717) is 16.3 Å². The molecular formula is C11H14N4OS. The first-order chi connectivity index (χ1) is 8.24. The number of hydrogen-bond acceptors (Lipinski definition) is 5. The lowest BCUT2D eigenvalue weighted by molar-refractivity contribution is 0.446. The van der Waals surface area contributed by atoms with Crippen LogP contribution in [0.3, 0.4) is 0 Å². The third-order valence-electron chi connectivity index (χ3n) is 3.11. The summed E-state index contributed by atoms with van der Waals surface area (Å²) in [5.74, 6) is 0.696. The summed E-state index contributed by atoms with van der Waals surface area (Å²) in [5, 5.41) is 0.927. The van der Waals surface area contributed by atoms with E-state index in [0.717, 1.165) is 18.2 Å². The zero-order valence-electron chi connectivity index (χ0n) is 9.64. The Morgan fingerprint density at radius 1 is 1.59 bits per heavy atom. The molecule has 0 aliphatic carbocycles. The highest BCUT2D eigenvalue weighted by Crippen LogP contribution is 2.28. The Morgan fingerprint density at radius 3 is 3.24 bits per heavy atom. The van der Waals surface area contributed by atoms with Crippen LogP contribution in [0.25, 0.3) is 10.3 Å². The molecule has 0 radical (unpaired) electrons. The average molecular weight is 250 g/mol. The molecule has 6 heteroatoms. The lowest BCUT2D eigenvalue weighted by Crippen LogP contribution is -2.34. The van der Waals surface area contributed by atoms with Gasteiger partial charge >= 0.3 is 0 Å². The van der Waals surface area contributed by atoms with Gasteiger partial charge in [-0.15, -0.1) is 0 Å². The molecule has 1 N–H and O–H groups in total. The first-order valence-electron chi connectivity index (χ1n) is 5.83. The van der Waals surface area contributed by atoms with E-state index in [1.807, 2.05) is 0 Å². The Bertz CT molecular complexity index is 590. The van der Waals surface area contributed by atoms with Gasteiger partial charge in [-0.1, -0.05) is 18.3 Å². The predicted octanol–water partition coefficient (Wildman–Crippen LogP) is 1.62. The van der Waals surface area contributed by atoms with Crippen molar-refractivity contribution in [2.45, 2.75) is 19.8 Å². The van der Waals surface area contributed by atoms with Crippen LogP contribution in [0.1, 0.15) is 19.8 Å². The molecule has 90 valence electrons. The van der Waals surface area contributed by atoms with Crippen molar-refractivity contribution in [2.75, 3.05) is 18.0 Å². The second-order valence-corrected chi connectivity index (χ2v) is 5.55. The molecule has 2 aromatic rings. The first kappa shape index (κ1) is 10.7. The number of aromatic amines is 1. The Kier molecular flexibility index (Phi) is 2.58. The second-order valence-electron chi connectivity index (χ2n) is 4.57. The van der Waals surface area contributed by atoms with Gasteiger partial charge in [0, 0.05) is 13.1 Å². The molecule has 1 saturated heterocycles. The Labute approximate surface area is 103 Å². The zero-order chi connectivity index (χ0) is 11.8. The minimum atomic E-state index is -0.0937. The third-order valence-corrected chi connectivity index (χ3v) is 4.22. The van der Waals surface area contributed by atoms with Gasteiger partial charge in [0.25, 0.3) is 5.56 Å². The van der Waals surface area contributed by atoms with Crippen LogP contribution in [0.5, 0.6) is 0 Å². The number of H-pyrrole nitrogens is 1. The monoisotopic (exact) mass is 250 g/mol. The molecule has 1 aliphatic rings. The highest BCUT2D eigenvalue weighted by molar-refractivity contribution is 7.22. The van der Waals surface area contributed by atoms with Crippen molar-refractivity contribution in [1.82, 2.24) is 15.0 Å². The van der Waals surface area contributed by atoms with E-state index in [2.05, 4.69) is 26.8 Å². The van der Waals surface area contributed by atoms with E-state index in [1.54, 1.807) is 0 Å². The van der Waals surface area contributed by atoms with Gasteiger partial charge in [-0.3, -0.25) is 4.79 Å². The third kappa shape index (κ3) is 1.93. The second kappa shape index (κ2) is 4.10. The van der Waals surface area contributed by atoms with Crippen molar-refractivity contribution in [2.24, 2.45) is 5.92 Å².